The second-order valence-electron chi connectivity index (χ2n) is 5.46. The average molecular weight is 275 g/mol. The van der Waals surface area contributed by atoms with Gasteiger partial charge in [0.2, 0.25) is 0 Å². The van der Waals surface area contributed by atoms with Crippen molar-refractivity contribution in [3.8, 4) is 5.75 Å². The lowest BCUT2D eigenvalue weighted by atomic mass is 10.1. The lowest BCUT2D eigenvalue weighted by molar-refractivity contribution is 0.310. The molecule has 21 heavy (non-hydrogen) atoms. The lowest BCUT2D eigenvalue weighted by Gasteiger charge is -2.12. The van der Waals surface area contributed by atoms with Crippen LogP contribution in [-0.2, 0) is 6.54 Å². The van der Waals surface area contributed by atoms with Crippen LogP contribution in [0.4, 0.5) is 0 Å². The van der Waals surface area contributed by atoms with Gasteiger partial charge < -0.3 is 10.1 Å². The van der Waals surface area contributed by atoms with Gasteiger partial charge in [-0.25, -0.2) is 0 Å². The Balaban J connectivity index is 1.51. The summed E-state index contributed by atoms with van der Waals surface area (Å²) in [6.07, 6.45) is 0. The van der Waals surface area contributed by atoms with Gasteiger partial charge in [-0.2, -0.15) is 0 Å². The number of hydrogen-bond acceptors (Lipinski definition) is 2. The number of ether oxygens (including phenoxy) is 1. The number of nitrogens with one attached hydrogen (secondary N) is 1. The summed E-state index contributed by atoms with van der Waals surface area (Å²) in [6.45, 7) is 1.57. The highest BCUT2D eigenvalue weighted by atomic mass is 16.5. The zero-order chi connectivity index (χ0) is 14.1. The molecule has 1 N–H and O–H groups in total. The molecule has 1 aliphatic rings. The van der Waals surface area contributed by atoms with Gasteiger partial charge in [-0.3, -0.25) is 0 Å². The van der Waals surface area contributed by atoms with Crippen molar-refractivity contribution in [1.29, 1.82) is 0 Å². The summed E-state index contributed by atoms with van der Waals surface area (Å²) in [7, 11) is 0. The van der Waals surface area contributed by atoms with Crippen molar-refractivity contribution < 1.29 is 4.74 Å². The highest BCUT2D eigenvalue weighted by Crippen LogP contribution is 2.31. The molecule has 0 radical (unpaired) electrons. The van der Waals surface area contributed by atoms with Crippen molar-refractivity contribution in [1.82, 2.24) is 5.32 Å². The summed E-state index contributed by atoms with van der Waals surface area (Å²) in [5, 5.41) is 6.17. The van der Waals surface area contributed by atoms with Crippen LogP contribution in [0.1, 0.15) is 17.2 Å². The Bertz CT molecular complexity index is 781. The fraction of sp³-hybridized carbons (Fsp3) is 0.158. The fourth-order valence-electron chi connectivity index (χ4n) is 2.92. The van der Waals surface area contributed by atoms with Crippen LogP contribution in [0, 0.1) is 0 Å². The Kier molecular flexibility index (Phi) is 3.09. The molecule has 0 fully saturated rings. The van der Waals surface area contributed by atoms with Crippen LogP contribution in [0.3, 0.4) is 0 Å². The summed E-state index contributed by atoms with van der Waals surface area (Å²) in [5.41, 5.74) is 2.57. The first-order valence-corrected chi connectivity index (χ1v) is 7.33. The zero-order valence-corrected chi connectivity index (χ0v) is 11.8. The molecule has 1 aliphatic heterocycles. The molecule has 0 spiro atoms. The Hall–Kier alpha value is -2.32. The summed E-state index contributed by atoms with van der Waals surface area (Å²) in [4.78, 5) is 0. The van der Waals surface area contributed by atoms with E-state index < -0.39 is 0 Å². The van der Waals surface area contributed by atoms with Gasteiger partial charge in [0, 0.05) is 12.1 Å². The van der Waals surface area contributed by atoms with E-state index >= 15 is 0 Å². The fourth-order valence-corrected chi connectivity index (χ4v) is 2.92. The van der Waals surface area contributed by atoms with Crippen LogP contribution in [-0.4, -0.2) is 6.61 Å². The number of para-hydroxylation sites is 1. The molecule has 0 saturated heterocycles. The van der Waals surface area contributed by atoms with Gasteiger partial charge in [0.05, 0.1) is 6.04 Å². The summed E-state index contributed by atoms with van der Waals surface area (Å²) >= 11 is 0. The first kappa shape index (κ1) is 12.4. The van der Waals surface area contributed by atoms with Crippen molar-refractivity contribution in [2.24, 2.45) is 0 Å². The maximum Gasteiger partial charge on any atom is 0.124 e. The average Bonchev–Trinajstić information content (AvgIpc) is 2.96. The molecule has 3 aromatic rings. The number of fused-ring (bicyclic) bond motifs is 2. The summed E-state index contributed by atoms with van der Waals surface area (Å²) < 4.78 is 5.71. The zero-order valence-electron chi connectivity index (χ0n) is 11.8. The van der Waals surface area contributed by atoms with Crippen molar-refractivity contribution in [3.63, 3.8) is 0 Å². The Morgan fingerprint density at radius 2 is 1.71 bits per heavy atom. The molecule has 104 valence electrons. The second kappa shape index (κ2) is 5.23. The highest BCUT2D eigenvalue weighted by Gasteiger charge is 2.22. The van der Waals surface area contributed by atoms with Crippen molar-refractivity contribution >= 4 is 10.8 Å². The quantitative estimate of drug-likeness (QED) is 0.778. The predicted molar refractivity (Wildman–Crippen MR) is 85.5 cm³/mol. The van der Waals surface area contributed by atoms with Gasteiger partial charge in [-0.05, 0) is 28.5 Å². The monoisotopic (exact) mass is 275 g/mol. The van der Waals surface area contributed by atoms with E-state index in [1.807, 2.05) is 12.1 Å². The summed E-state index contributed by atoms with van der Waals surface area (Å²) in [5.74, 6) is 1.01. The molecule has 1 atom stereocenters. The third-order valence-electron chi connectivity index (χ3n) is 4.07. The van der Waals surface area contributed by atoms with Crippen molar-refractivity contribution in [3.05, 3.63) is 77.9 Å². The molecular weight excluding hydrogens is 258 g/mol. The van der Waals surface area contributed by atoms with Gasteiger partial charge in [0.1, 0.15) is 12.4 Å². The van der Waals surface area contributed by atoms with Crippen LogP contribution in [0.15, 0.2) is 66.7 Å². The third kappa shape index (κ3) is 2.39. The van der Waals surface area contributed by atoms with Crippen molar-refractivity contribution in [2.45, 2.75) is 12.6 Å². The molecule has 0 aromatic heterocycles. The largest absolute Gasteiger partial charge is 0.491 e. The molecule has 4 rings (SSSR count). The Labute approximate surface area is 124 Å². The van der Waals surface area contributed by atoms with E-state index in [-0.39, 0.29) is 6.04 Å². The topological polar surface area (TPSA) is 21.3 Å². The molecule has 2 nitrogen and oxygen atoms in total. The van der Waals surface area contributed by atoms with Crippen LogP contribution in [0.2, 0.25) is 0 Å². The van der Waals surface area contributed by atoms with Gasteiger partial charge in [-0.15, -0.1) is 0 Å². The minimum atomic E-state index is 0.285. The molecule has 1 unspecified atom stereocenters. The first-order valence-electron chi connectivity index (χ1n) is 7.33. The molecule has 3 aromatic carbocycles. The van der Waals surface area contributed by atoms with E-state index in [1.54, 1.807) is 0 Å². The predicted octanol–water partition coefficient (Wildman–Crippen LogP) is 4.06. The van der Waals surface area contributed by atoms with E-state index in [4.69, 9.17) is 4.74 Å². The van der Waals surface area contributed by atoms with Crippen LogP contribution >= 0.6 is 0 Å². The van der Waals surface area contributed by atoms with Crippen molar-refractivity contribution in [2.75, 3.05) is 6.61 Å². The van der Waals surface area contributed by atoms with Crippen LogP contribution in [0.25, 0.3) is 10.8 Å². The number of rotatable bonds is 3. The van der Waals surface area contributed by atoms with E-state index in [0.717, 1.165) is 12.3 Å². The Morgan fingerprint density at radius 1 is 0.905 bits per heavy atom. The van der Waals surface area contributed by atoms with Gasteiger partial charge >= 0.3 is 0 Å². The first-order chi connectivity index (χ1) is 10.4. The Morgan fingerprint density at radius 3 is 2.67 bits per heavy atom. The smallest absolute Gasteiger partial charge is 0.124 e. The van der Waals surface area contributed by atoms with E-state index in [9.17, 15) is 0 Å². The third-order valence-corrected chi connectivity index (χ3v) is 4.07. The highest BCUT2D eigenvalue weighted by molar-refractivity contribution is 5.82. The normalized spacial score (nSPS) is 16.7. The second-order valence-corrected chi connectivity index (χ2v) is 5.46. The molecular formula is C19H17NO. The number of benzene rings is 3. The van der Waals surface area contributed by atoms with E-state index in [2.05, 4.69) is 59.9 Å². The molecule has 0 saturated carbocycles. The minimum Gasteiger partial charge on any atom is -0.491 e. The van der Waals surface area contributed by atoms with Gasteiger partial charge in [-0.1, -0.05) is 54.6 Å². The van der Waals surface area contributed by atoms with Crippen LogP contribution in [0.5, 0.6) is 5.75 Å². The molecule has 0 bridgehead atoms. The molecule has 2 heteroatoms. The maximum absolute atomic E-state index is 5.71. The minimum absolute atomic E-state index is 0.285. The van der Waals surface area contributed by atoms with Gasteiger partial charge in [0.15, 0.2) is 0 Å². The number of hydrogen-bond donors (Lipinski definition) is 1. The maximum atomic E-state index is 5.71. The van der Waals surface area contributed by atoms with E-state index in [1.165, 1.54) is 21.9 Å². The summed E-state index contributed by atoms with van der Waals surface area (Å²) in [6, 6.07) is 23.6. The standard InChI is InChI=1S/C19H17NO/c1-2-6-16-11-14(9-10-15(16)5-1)12-20-18-13-21-19-8-4-3-7-17(18)19/h1-11,18,20H,12-13H2. The SMILES string of the molecule is c1ccc2c(c1)OCC2NCc1ccc2ccccc2c1. The molecule has 1 heterocycles. The lowest BCUT2D eigenvalue weighted by Crippen LogP contribution is -2.21. The van der Waals surface area contributed by atoms with Gasteiger partial charge in [0.25, 0.3) is 0 Å². The molecule has 0 aliphatic carbocycles. The molecule has 0 amide bonds. The van der Waals surface area contributed by atoms with Crippen LogP contribution < -0.4 is 10.1 Å². The van der Waals surface area contributed by atoms with E-state index in [0.29, 0.717) is 6.61 Å².